The van der Waals surface area contributed by atoms with Crippen molar-refractivity contribution in [2.45, 2.75) is 54.5 Å². The first kappa shape index (κ1) is 21.7. The van der Waals surface area contributed by atoms with E-state index in [4.69, 9.17) is 11.6 Å². The van der Waals surface area contributed by atoms with Gasteiger partial charge >= 0.3 is 0 Å². The predicted molar refractivity (Wildman–Crippen MR) is 124 cm³/mol. The number of amides is 1. The Balaban J connectivity index is 1.48. The summed E-state index contributed by atoms with van der Waals surface area (Å²) in [6, 6.07) is 17.9. The fourth-order valence-electron chi connectivity index (χ4n) is 3.70. The third-order valence-electron chi connectivity index (χ3n) is 5.38. The average molecular weight is 454 g/mol. The quantitative estimate of drug-likeness (QED) is 0.519. The van der Waals surface area contributed by atoms with Gasteiger partial charge in [0.15, 0.2) is 0 Å². The number of nitrogens with zero attached hydrogens (tertiary/aromatic N) is 2. The molecule has 2 aromatic carbocycles. The van der Waals surface area contributed by atoms with Crippen LogP contribution in [0.5, 0.6) is 0 Å². The zero-order valence-electron chi connectivity index (χ0n) is 17.1. The van der Waals surface area contributed by atoms with Gasteiger partial charge in [0.25, 0.3) is 11.5 Å². The predicted octanol–water partition coefficient (Wildman–Crippen LogP) is 5.49. The standard InChI is InChI=1S/C24H24ClN3O2S/c25-18-9-13-21(14-10-18)31-22-15-16-23(29)28(27-22)20-11-7-17(8-12-20)24(30)26-19-5-3-1-2-4-6-19/h7-16,19H,1-6H2,(H,26,30). The summed E-state index contributed by atoms with van der Waals surface area (Å²) >= 11 is 7.39. The van der Waals surface area contributed by atoms with Crippen LogP contribution >= 0.6 is 23.4 Å². The van der Waals surface area contributed by atoms with Crippen LogP contribution in [0.2, 0.25) is 5.02 Å². The third kappa shape index (κ3) is 5.77. The molecular formula is C24H24ClN3O2S. The SMILES string of the molecule is O=C(NC1CCCCCC1)c1ccc(-n2nc(Sc3ccc(Cl)cc3)ccc2=O)cc1. The van der Waals surface area contributed by atoms with Gasteiger partial charge < -0.3 is 5.32 Å². The van der Waals surface area contributed by atoms with Gasteiger partial charge in [0.05, 0.1) is 5.69 Å². The van der Waals surface area contributed by atoms with Crippen molar-refractivity contribution in [3.05, 3.63) is 81.6 Å². The molecule has 1 heterocycles. The molecule has 1 N–H and O–H groups in total. The van der Waals surface area contributed by atoms with Gasteiger partial charge in [0.2, 0.25) is 0 Å². The van der Waals surface area contributed by atoms with Crippen molar-refractivity contribution in [3.8, 4) is 5.69 Å². The summed E-state index contributed by atoms with van der Waals surface area (Å²) in [6.45, 7) is 0. The van der Waals surface area contributed by atoms with E-state index >= 15 is 0 Å². The number of carbonyl (C=O) groups is 1. The number of hydrogen-bond acceptors (Lipinski definition) is 4. The van der Waals surface area contributed by atoms with E-state index in [1.807, 2.05) is 24.3 Å². The topological polar surface area (TPSA) is 64.0 Å². The van der Waals surface area contributed by atoms with Crippen LogP contribution in [0.4, 0.5) is 0 Å². The number of carbonyl (C=O) groups excluding carboxylic acids is 1. The summed E-state index contributed by atoms with van der Waals surface area (Å²) in [5, 5.41) is 8.99. The van der Waals surface area contributed by atoms with Crippen molar-refractivity contribution in [1.29, 1.82) is 0 Å². The molecular weight excluding hydrogens is 430 g/mol. The largest absolute Gasteiger partial charge is 0.349 e. The second kappa shape index (κ2) is 10.2. The Kier molecular flexibility index (Phi) is 7.10. The van der Waals surface area contributed by atoms with E-state index in [2.05, 4.69) is 10.4 Å². The fourth-order valence-corrected chi connectivity index (χ4v) is 4.60. The second-order valence-electron chi connectivity index (χ2n) is 7.69. The number of aromatic nitrogens is 2. The van der Waals surface area contributed by atoms with Gasteiger partial charge in [-0.05, 0) is 67.4 Å². The summed E-state index contributed by atoms with van der Waals surface area (Å²) in [7, 11) is 0. The van der Waals surface area contributed by atoms with Crippen molar-refractivity contribution in [2.24, 2.45) is 0 Å². The van der Waals surface area contributed by atoms with Crippen LogP contribution in [0.25, 0.3) is 5.69 Å². The maximum Gasteiger partial charge on any atom is 0.271 e. The van der Waals surface area contributed by atoms with Gasteiger partial charge in [-0.3, -0.25) is 9.59 Å². The Bertz CT molecular complexity index is 1090. The maximum atomic E-state index is 12.6. The lowest BCUT2D eigenvalue weighted by molar-refractivity contribution is 0.0933. The van der Waals surface area contributed by atoms with Gasteiger partial charge in [-0.1, -0.05) is 49.0 Å². The Hall–Kier alpha value is -2.57. The summed E-state index contributed by atoms with van der Waals surface area (Å²) in [6.07, 6.45) is 6.92. The highest BCUT2D eigenvalue weighted by atomic mass is 35.5. The van der Waals surface area contributed by atoms with Gasteiger partial charge in [-0.2, -0.15) is 9.78 Å². The summed E-state index contributed by atoms with van der Waals surface area (Å²) in [5.74, 6) is -0.0641. The highest BCUT2D eigenvalue weighted by Crippen LogP contribution is 2.26. The van der Waals surface area contributed by atoms with Crippen molar-refractivity contribution in [2.75, 3.05) is 0 Å². The lowest BCUT2D eigenvalue weighted by Crippen LogP contribution is -2.34. The molecule has 1 aliphatic carbocycles. The van der Waals surface area contributed by atoms with E-state index in [0.29, 0.717) is 21.3 Å². The molecule has 1 fully saturated rings. The lowest BCUT2D eigenvalue weighted by atomic mass is 10.1. The minimum absolute atomic E-state index is 0.0641. The summed E-state index contributed by atoms with van der Waals surface area (Å²) < 4.78 is 1.35. The zero-order valence-corrected chi connectivity index (χ0v) is 18.7. The van der Waals surface area contributed by atoms with E-state index in [1.54, 1.807) is 30.3 Å². The third-order valence-corrected chi connectivity index (χ3v) is 6.56. The van der Waals surface area contributed by atoms with Crippen molar-refractivity contribution < 1.29 is 4.79 Å². The Morgan fingerprint density at radius 2 is 1.61 bits per heavy atom. The van der Waals surface area contributed by atoms with Gasteiger partial charge in [0, 0.05) is 27.6 Å². The van der Waals surface area contributed by atoms with E-state index in [9.17, 15) is 9.59 Å². The number of halogens is 1. The molecule has 0 atom stereocenters. The van der Waals surface area contributed by atoms with Crippen molar-refractivity contribution in [3.63, 3.8) is 0 Å². The average Bonchev–Trinajstić information content (AvgIpc) is 3.05. The Morgan fingerprint density at radius 1 is 0.935 bits per heavy atom. The van der Waals surface area contributed by atoms with E-state index in [-0.39, 0.29) is 17.5 Å². The monoisotopic (exact) mass is 453 g/mol. The second-order valence-corrected chi connectivity index (χ2v) is 9.22. The van der Waals surface area contributed by atoms with Gasteiger partial charge in [-0.25, -0.2) is 0 Å². The van der Waals surface area contributed by atoms with Crippen LogP contribution in [0.15, 0.2) is 75.4 Å². The fraction of sp³-hybridized carbons (Fsp3) is 0.292. The number of hydrogen-bond donors (Lipinski definition) is 1. The lowest BCUT2D eigenvalue weighted by Gasteiger charge is -2.16. The van der Waals surface area contributed by atoms with Gasteiger partial charge in [-0.15, -0.1) is 0 Å². The van der Waals surface area contributed by atoms with Crippen LogP contribution in [-0.2, 0) is 0 Å². The van der Waals surface area contributed by atoms with E-state index in [0.717, 1.165) is 17.7 Å². The molecule has 3 aromatic rings. The molecule has 5 nitrogen and oxygen atoms in total. The number of rotatable bonds is 5. The number of nitrogens with one attached hydrogen (secondary N) is 1. The van der Waals surface area contributed by atoms with Crippen LogP contribution in [-0.4, -0.2) is 21.7 Å². The molecule has 0 bridgehead atoms. The molecule has 1 saturated carbocycles. The molecule has 1 aromatic heterocycles. The molecule has 4 rings (SSSR count). The van der Waals surface area contributed by atoms with Crippen LogP contribution in [0, 0.1) is 0 Å². The molecule has 0 unspecified atom stereocenters. The van der Waals surface area contributed by atoms with Crippen LogP contribution < -0.4 is 10.9 Å². The molecule has 0 saturated heterocycles. The first-order valence-electron chi connectivity index (χ1n) is 10.5. The molecule has 1 aliphatic rings. The molecule has 160 valence electrons. The smallest absolute Gasteiger partial charge is 0.271 e. The first-order valence-corrected chi connectivity index (χ1v) is 11.7. The Morgan fingerprint density at radius 3 is 2.29 bits per heavy atom. The van der Waals surface area contributed by atoms with E-state index in [1.165, 1.54) is 48.2 Å². The molecule has 0 aliphatic heterocycles. The normalized spacial score (nSPS) is 14.7. The van der Waals surface area contributed by atoms with Crippen LogP contribution in [0.3, 0.4) is 0 Å². The van der Waals surface area contributed by atoms with Crippen molar-refractivity contribution in [1.82, 2.24) is 15.1 Å². The summed E-state index contributed by atoms with van der Waals surface area (Å²) in [5.41, 5.74) is 0.985. The highest BCUT2D eigenvalue weighted by Gasteiger charge is 2.16. The molecule has 1 amide bonds. The van der Waals surface area contributed by atoms with Crippen LogP contribution in [0.1, 0.15) is 48.9 Å². The van der Waals surface area contributed by atoms with Crippen molar-refractivity contribution >= 4 is 29.3 Å². The van der Waals surface area contributed by atoms with E-state index < -0.39 is 0 Å². The minimum atomic E-state index is -0.226. The Labute approximate surface area is 190 Å². The molecule has 31 heavy (non-hydrogen) atoms. The summed E-state index contributed by atoms with van der Waals surface area (Å²) in [4.78, 5) is 26.0. The van der Waals surface area contributed by atoms with Gasteiger partial charge in [0.1, 0.15) is 5.03 Å². The molecule has 0 radical (unpaired) electrons. The number of benzene rings is 2. The maximum absolute atomic E-state index is 12.6. The molecule has 0 spiro atoms. The first-order chi connectivity index (χ1) is 15.1. The zero-order chi connectivity index (χ0) is 21.6. The highest BCUT2D eigenvalue weighted by molar-refractivity contribution is 7.99. The minimum Gasteiger partial charge on any atom is -0.349 e. The molecule has 7 heteroatoms.